The van der Waals surface area contributed by atoms with Crippen LogP contribution in [0.3, 0.4) is 0 Å². The van der Waals surface area contributed by atoms with E-state index < -0.39 is 5.41 Å². The highest BCUT2D eigenvalue weighted by atomic mass is 32.2. The van der Waals surface area contributed by atoms with Crippen LogP contribution < -0.4 is 5.32 Å². The first-order valence-corrected chi connectivity index (χ1v) is 9.10. The van der Waals surface area contributed by atoms with Gasteiger partial charge in [0, 0.05) is 30.5 Å². The molecule has 1 saturated heterocycles. The van der Waals surface area contributed by atoms with Gasteiger partial charge in [-0.25, -0.2) is 0 Å². The van der Waals surface area contributed by atoms with E-state index in [0.717, 1.165) is 18.5 Å². The first-order valence-electron chi connectivity index (χ1n) is 7.94. The molecule has 0 saturated carbocycles. The second kappa shape index (κ2) is 7.38. The molecule has 1 aliphatic rings. The van der Waals surface area contributed by atoms with E-state index in [0.29, 0.717) is 18.2 Å². The second-order valence-corrected chi connectivity index (χ2v) is 7.97. The van der Waals surface area contributed by atoms with Crippen LogP contribution in [-0.2, 0) is 16.1 Å². The van der Waals surface area contributed by atoms with Crippen molar-refractivity contribution in [2.24, 2.45) is 5.41 Å². The summed E-state index contributed by atoms with van der Waals surface area (Å²) in [6, 6.07) is -0.348. The van der Waals surface area contributed by atoms with Gasteiger partial charge < -0.3 is 10.2 Å². The maximum absolute atomic E-state index is 12.4. The molecular weight excluding hydrogens is 312 g/mol. The number of carbonyl (C=O) groups excluding carboxylic acids is 2. The number of rotatable bonds is 5. The van der Waals surface area contributed by atoms with E-state index in [9.17, 15) is 9.59 Å². The summed E-state index contributed by atoms with van der Waals surface area (Å²) in [6.45, 7) is 9.04. The van der Waals surface area contributed by atoms with Crippen molar-refractivity contribution in [3.63, 3.8) is 0 Å². The van der Waals surface area contributed by atoms with Gasteiger partial charge in [-0.1, -0.05) is 20.8 Å². The van der Waals surface area contributed by atoms with Gasteiger partial charge in [-0.05, 0) is 18.9 Å². The van der Waals surface area contributed by atoms with Crippen LogP contribution in [0, 0.1) is 12.3 Å². The summed E-state index contributed by atoms with van der Waals surface area (Å²) < 4.78 is 1.88. The number of hydrogen-bond acceptors (Lipinski definition) is 4. The number of aryl methyl sites for hydroxylation is 2. The highest BCUT2D eigenvalue weighted by Crippen LogP contribution is 2.27. The molecule has 1 fully saturated rings. The molecule has 2 heterocycles. The fraction of sp³-hybridized carbons (Fsp3) is 0.688. The van der Waals surface area contributed by atoms with Crippen molar-refractivity contribution in [1.29, 1.82) is 0 Å². The predicted octanol–water partition coefficient (Wildman–Crippen LogP) is 1.65. The molecular formula is C16H26N4O2S. The van der Waals surface area contributed by atoms with Gasteiger partial charge in [-0.15, -0.1) is 11.8 Å². The third-order valence-corrected chi connectivity index (χ3v) is 4.73. The van der Waals surface area contributed by atoms with E-state index in [1.165, 1.54) is 0 Å². The van der Waals surface area contributed by atoms with Gasteiger partial charge in [0.15, 0.2) is 0 Å². The zero-order valence-corrected chi connectivity index (χ0v) is 15.2. The first-order chi connectivity index (χ1) is 10.8. The van der Waals surface area contributed by atoms with E-state index in [4.69, 9.17) is 0 Å². The van der Waals surface area contributed by atoms with Crippen molar-refractivity contribution < 1.29 is 9.59 Å². The molecule has 0 bridgehead atoms. The molecule has 0 aliphatic carbocycles. The summed E-state index contributed by atoms with van der Waals surface area (Å²) in [5.74, 6) is 1.26. The lowest BCUT2D eigenvalue weighted by atomic mass is 9.94. The van der Waals surface area contributed by atoms with Gasteiger partial charge in [0.25, 0.3) is 0 Å². The molecule has 7 heteroatoms. The van der Waals surface area contributed by atoms with E-state index in [1.54, 1.807) is 16.7 Å². The number of thioether (sulfide) groups is 1. The standard InChI is InChI=1S/C16H26N4O2S/c1-12-8-18-19(9-12)7-5-6-17-14(21)13-10-23-11-20(13)15(22)16(2,3)4/h8-9,13H,5-7,10-11H2,1-4H3,(H,17,21). The number of nitrogens with one attached hydrogen (secondary N) is 1. The maximum atomic E-state index is 12.4. The molecule has 1 unspecified atom stereocenters. The fourth-order valence-electron chi connectivity index (χ4n) is 2.45. The Morgan fingerprint density at radius 1 is 1.43 bits per heavy atom. The molecule has 1 aliphatic heterocycles. The number of hydrogen-bond donors (Lipinski definition) is 1. The van der Waals surface area contributed by atoms with Crippen molar-refractivity contribution in [1.82, 2.24) is 20.0 Å². The average Bonchev–Trinajstić information content (AvgIpc) is 3.10. The van der Waals surface area contributed by atoms with Gasteiger partial charge in [-0.2, -0.15) is 5.10 Å². The summed E-state index contributed by atoms with van der Waals surface area (Å²) in [6.07, 6.45) is 4.63. The Balaban J connectivity index is 1.79. The highest BCUT2D eigenvalue weighted by Gasteiger charge is 2.38. The Morgan fingerprint density at radius 2 is 2.17 bits per heavy atom. The first kappa shape index (κ1) is 17.8. The summed E-state index contributed by atoms with van der Waals surface area (Å²) in [4.78, 5) is 26.5. The van der Waals surface area contributed by atoms with Crippen molar-refractivity contribution in [2.45, 2.75) is 46.7 Å². The number of aromatic nitrogens is 2. The van der Waals surface area contributed by atoms with Crippen LogP contribution in [0.15, 0.2) is 12.4 Å². The normalized spacial score (nSPS) is 18.3. The molecule has 1 atom stereocenters. The minimum Gasteiger partial charge on any atom is -0.354 e. The van der Waals surface area contributed by atoms with Crippen LogP contribution in [0.5, 0.6) is 0 Å². The van der Waals surface area contributed by atoms with E-state index >= 15 is 0 Å². The Kier molecular flexibility index (Phi) is 5.73. The van der Waals surface area contributed by atoms with Crippen molar-refractivity contribution in [2.75, 3.05) is 18.2 Å². The number of nitrogens with zero attached hydrogens (tertiary/aromatic N) is 3. The Labute approximate surface area is 142 Å². The lowest BCUT2D eigenvalue weighted by Crippen LogP contribution is -2.50. The molecule has 128 valence electrons. The van der Waals surface area contributed by atoms with Gasteiger partial charge in [-0.3, -0.25) is 14.3 Å². The quantitative estimate of drug-likeness (QED) is 0.829. The van der Waals surface area contributed by atoms with Gasteiger partial charge in [0.2, 0.25) is 11.8 Å². The Morgan fingerprint density at radius 3 is 2.78 bits per heavy atom. The third kappa shape index (κ3) is 4.73. The highest BCUT2D eigenvalue weighted by molar-refractivity contribution is 7.99. The van der Waals surface area contributed by atoms with Crippen LogP contribution in [0.4, 0.5) is 0 Å². The van der Waals surface area contributed by atoms with Crippen LogP contribution in [0.25, 0.3) is 0 Å². The lowest BCUT2D eigenvalue weighted by Gasteiger charge is -2.29. The average molecular weight is 338 g/mol. The third-order valence-electron chi connectivity index (χ3n) is 3.71. The molecule has 1 N–H and O–H groups in total. The summed E-state index contributed by atoms with van der Waals surface area (Å²) in [7, 11) is 0. The monoisotopic (exact) mass is 338 g/mol. The summed E-state index contributed by atoms with van der Waals surface area (Å²) >= 11 is 1.63. The molecule has 23 heavy (non-hydrogen) atoms. The number of carbonyl (C=O) groups is 2. The van der Waals surface area contributed by atoms with Crippen LogP contribution >= 0.6 is 11.8 Å². The minimum absolute atomic E-state index is 0.0367. The fourth-order valence-corrected chi connectivity index (χ4v) is 3.60. The molecule has 0 radical (unpaired) electrons. The van der Waals surface area contributed by atoms with Gasteiger partial charge >= 0.3 is 0 Å². The second-order valence-electron chi connectivity index (χ2n) is 6.97. The molecule has 6 nitrogen and oxygen atoms in total. The van der Waals surface area contributed by atoms with Gasteiger partial charge in [0.05, 0.1) is 12.1 Å². The summed E-state index contributed by atoms with van der Waals surface area (Å²) in [5, 5.41) is 7.17. The molecule has 2 rings (SSSR count). The molecule has 0 aromatic carbocycles. The predicted molar refractivity (Wildman–Crippen MR) is 92.0 cm³/mol. The summed E-state index contributed by atoms with van der Waals surface area (Å²) in [5.41, 5.74) is 0.676. The zero-order chi connectivity index (χ0) is 17.0. The smallest absolute Gasteiger partial charge is 0.243 e. The lowest BCUT2D eigenvalue weighted by molar-refractivity contribution is -0.144. The molecule has 1 aromatic rings. The van der Waals surface area contributed by atoms with E-state index in [-0.39, 0.29) is 17.9 Å². The van der Waals surface area contributed by atoms with E-state index in [2.05, 4.69) is 10.4 Å². The Bertz CT molecular complexity index is 565. The molecule has 2 amide bonds. The Hall–Kier alpha value is -1.50. The molecule has 0 spiro atoms. The largest absolute Gasteiger partial charge is 0.354 e. The zero-order valence-electron chi connectivity index (χ0n) is 14.3. The van der Waals surface area contributed by atoms with Crippen molar-refractivity contribution in [3.8, 4) is 0 Å². The minimum atomic E-state index is -0.457. The topological polar surface area (TPSA) is 67.2 Å². The number of amides is 2. The SMILES string of the molecule is Cc1cnn(CCCNC(=O)C2CSCN2C(=O)C(C)(C)C)c1. The van der Waals surface area contributed by atoms with Crippen molar-refractivity contribution in [3.05, 3.63) is 18.0 Å². The molecule has 1 aromatic heterocycles. The van der Waals surface area contributed by atoms with E-state index in [1.807, 2.05) is 44.8 Å². The van der Waals surface area contributed by atoms with Crippen molar-refractivity contribution >= 4 is 23.6 Å². The van der Waals surface area contributed by atoms with Crippen LogP contribution in [0.2, 0.25) is 0 Å². The maximum Gasteiger partial charge on any atom is 0.243 e. The van der Waals surface area contributed by atoms with Crippen LogP contribution in [0.1, 0.15) is 32.8 Å². The van der Waals surface area contributed by atoms with Crippen LogP contribution in [-0.4, -0.2) is 50.7 Å². The van der Waals surface area contributed by atoms with Gasteiger partial charge in [0.1, 0.15) is 6.04 Å².